The number of aliphatic hydroxyl groups excluding tert-OH is 1. The fraction of sp³-hybridized carbons (Fsp3) is 0.357. The number of nitrogens with one attached hydrogen (secondary N) is 2. The Kier molecular flexibility index (Phi) is 4.29. The van der Waals surface area contributed by atoms with Gasteiger partial charge in [0, 0.05) is 29.4 Å². The van der Waals surface area contributed by atoms with Crippen LogP contribution in [0.2, 0.25) is 0 Å². The van der Waals surface area contributed by atoms with Gasteiger partial charge in [-0.25, -0.2) is 4.39 Å². The molecule has 1 heterocycles. The first-order valence-corrected chi connectivity index (χ1v) is 6.25. The molecule has 4 nitrogen and oxygen atoms in total. The van der Waals surface area contributed by atoms with E-state index in [0.717, 1.165) is 11.3 Å². The van der Waals surface area contributed by atoms with Gasteiger partial charge in [-0.15, -0.1) is 0 Å². The van der Waals surface area contributed by atoms with E-state index in [9.17, 15) is 9.50 Å². The summed E-state index contributed by atoms with van der Waals surface area (Å²) >= 11 is 0. The molecule has 19 heavy (non-hydrogen) atoms. The molecule has 1 aromatic carbocycles. The Balaban J connectivity index is 1.96. The van der Waals surface area contributed by atoms with Crippen molar-refractivity contribution in [3.8, 4) is 0 Å². The second-order valence-electron chi connectivity index (χ2n) is 4.62. The first-order chi connectivity index (χ1) is 9.09. The van der Waals surface area contributed by atoms with Gasteiger partial charge in [-0.3, -0.25) is 5.10 Å². The molecule has 0 aliphatic rings. The minimum absolute atomic E-state index is 0.0418. The summed E-state index contributed by atoms with van der Waals surface area (Å²) in [5, 5.41) is 20.0. The number of aromatic nitrogens is 2. The number of halogens is 1. The zero-order valence-corrected chi connectivity index (χ0v) is 11.0. The maximum Gasteiger partial charge on any atom is 0.129 e. The van der Waals surface area contributed by atoms with Gasteiger partial charge in [0.2, 0.25) is 0 Å². The van der Waals surface area contributed by atoms with E-state index in [1.165, 1.54) is 6.07 Å². The highest BCUT2D eigenvalue weighted by Crippen LogP contribution is 2.18. The second kappa shape index (κ2) is 5.95. The molecule has 0 aliphatic heterocycles. The lowest BCUT2D eigenvalue weighted by atomic mass is 10.1. The Morgan fingerprint density at radius 3 is 2.74 bits per heavy atom. The summed E-state index contributed by atoms with van der Waals surface area (Å²) in [4.78, 5) is 0. The van der Waals surface area contributed by atoms with E-state index < -0.39 is 6.10 Å². The van der Waals surface area contributed by atoms with Crippen molar-refractivity contribution in [1.29, 1.82) is 0 Å². The maximum absolute atomic E-state index is 13.5. The van der Waals surface area contributed by atoms with E-state index in [1.807, 2.05) is 13.8 Å². The van der Waals surface area contributed by atoms with E-state index in [2.05, 4.69) is 15.5 Å². The van der Waals surface area contributed by atoms with Crippen LogP contribution in [0.5, 0.6) is 0 Å². The lowest BCUT2D eigenvalue weighted by Crippen LogP contribution is -2.25. The van der Waals surface area contributed by atoms with Crippen LogP contribution in [0.3, 0.4) is 0 Å². The van der Waals surface area contributed by atoms with Crippen LogP contribution in [0.25, 0.3) is 0 Å². The Morgan fingerprint density at radius 1 is 1.37 bits per heavy atom. The first kappa shape index (κ1) is 13.7. The highest BCUT2D eigenvalue weighted by Gasteiger charge is 2.15. The Hall–Kier alpha value is -1.72. The first-order valence-electron chi connectivity index (χ1n) is 6.25. The number of nitrogens with zero attached hydrogens (tertiary/aromatic N) is 1. The van der Waals surface area contributed by atoms with Crippen molar-refractivity contribution in [1.82, 2.24) is 15.5 Å². The number of hydrogen-bond donors (Lipinski definition) is 3. The smallest absolute Gasteiger partial charge is 0.129 e. The van der Waals surface area contributed by atoms with Crippen molar-refractivity contribution in [2.75, 3.05) is 6.54 Å². The van der Waals surface area contributed by atoms with Gasteiger partial charge in [0.1, 0.15) is 5.82 Å². The molecule has 2 rings (SSSR count). The van der Waals surface area contributed by atoms with E-state index in [1.54, 1.807) is 24.4 Å². The third-order valence-corrected chi connectivity index (χ3v) is 3.22. The van der Waals surface area contributed by atoms with Crippen LogP contribution in [-0.4, -0.2) is 21.8 Å². The zero-order chi connectivity index (χ0) is 13.8. The average molecular weight is 263 g/mol. The van der Waals surface area contributed by atoms with Gasteiger partial charge in [0.05, 0.1) is 12.3 Å². The Bertz CT molecular complexity index is 541. The molecule has 0 amide bonds. The van der Waals surface area contributed by atoms with Crippen molar-refractivity contribution >= 4 is 0 Å². The lowest BCUT2D eigenvalue weighted by molar-refractivity contribution is 0.166. The summed E-state index contributed by atoms with van der Waals surface area (Å²) in [6.07, 6.45) is 0.888. The lowest BCUT2D eigenvalue weighted by Gasteiger charge is -2.17. The summed E-state index contributed by atoms with van der Waals surface area (Å²) in [5.41, 5.74) is 2.34. The molecule has 2 unspecified atom stereocenters. The van der Waals surface area contributed by atoms with E-state index in [-0.39, 0.29) is 18.4 Å². The van der Waals surface area contributed by atoms with Crippen molar-refractivity contribution in [3.63, 3.8) is 0 Å². The van der Waals surface area contributed by atoms with Gasteiger partial charge in [0.15, 0.2) is 0 Å². The van der Waals surface area contributed by atoms with Crippen molar-refractivity contribution in [3.05, 3.63) is 53.1 Å². The Labute approximate surface area is 111 Å². The monoisotopic (exact) mass is 263 g/mol. The molecule has 102 valence electrons. The fourth-order valence-electron chi connectivity index (χ4n) is 2.05. The molecule has 5 heteroatoms. The topological polar surface area (TPSA) is 60.9 Å². The second-order valence-corrected chi connectivity index (χ2v) is 4.62. The SMILES string of the molecule is Cc1[nH]ncc1C(C)NCC(O)c1ccccc1F. The molecule has 2 atom stereocenters. The predicted molar refractivity (Wildman–Crippen MR) is 71.1 cm³/mol. The highest BCUT2D eigenvalue weighted by molar-refractivity contribution is 5.21. The minimum Gasteiger partial charge on any atom is -0.387 e. The van der Waals surface area contributed by atoms with Crippen molar-refractivity contribution in [2.45, 2.75) is 26.0 Å². The summed E-state index contributed by atoms with van der Waals surface area (Å²) in [6.45, 7) is 4.20. The van der Waals surface area contributed by atoms with Gasteiger partial charge in [-0.2, -0.15) is 5.10 Å². The molecule has 0 fully saturated rings. The van der Waals surface area contributed by atoms with Crippen LogP contribution < -0.4 is 5.32 Å². The van der Waals surface area contributed by atoms with E-state index in [4.69, 9.17) is 0 Å². The third-order valence-electron chi connectivity index (χ3n) is 3.22. The molecule has 0 bridgehead atoms. The minimum atomic E-state index is -0.865. The van der Waals surface area contributed by atoms with Gasteiger partial charge < -0.3 is 10.4 Å². The summed E-state index contributed by atoms with van der Waals surface area (Å²) in [5.74, 6) is -0.385. The number of hydrogen-bond acceptors (Lipinski definition) is 3. The standard InChI is InChI=1S/C14H18FN3O/c1-9(12-7-17-18-10(12)2)16-8-14(19)11-5-3-4-6-13(11)15/h3-7,9,14,16,19H,8H2,1-2H3,(H,17,18). The van der Waals surface area contributed by atoms with Crippen LogP contribution in [-0.2, 0) is 0 Å². The highest BCUT2D eigenvalue weighted by atomic mass is 19.1. The quantitative estimate of drug-likeness (QED) is 0.775. The molecule has 1 aromatic heterocycles. The summed E-state index contributed by atoms with van der Waals surface area (Å²) < 4.78 is 13.5. The number of aryl methyl sites for hydroxylation is 1. The van der Waals surface area contributed by atoms with Gasteiger partial charge in [-0.1, -0.05) is 18.2 Å². The number of aromatic amines is 1. The third kappa shape index (κ3) is 3.19. The molecule has 0 aliphatic carbocycles. The molecule has 0 saturated heterocycles. The molecule has 0 spiro atoms. The van der Waals surface area contributed by atoms with Crippen LogP contribution in [0.1, 0.15) is 35.9 Å². The average Bonchev–Trinajstić information content (AvgIpc) is 2.82. The molecular formula is C14H18FN3O. The van der Waals surface area contributed by atoms with Crippen molar-refractivity contribution in [2.24, 2.45) is 0 Å². The maximum atomic E-state index is 13.5. The largest absolute Gasteiger partial charge is 0.387 e. The van der Waals surface area contributed by atoms with Crippen LogP contribution >= 0.6 is 0 Å². The summed E-state index contributed by atoms with van der Waals surface area (Å²) in [7, 11) is 0. The molecule has 0 radical (unpaired) electrons. The van der Waals surface area contributed by atoms with Gasteiger partial charge in [0.25, 0.3) is 0 Å². The van der Waals surface area contributed by atoms with Crippen LogP contribution in [0, 0.1) is 12.7 Å². The molecule has 3 N–H and O–H groups in total. The van der Waals surface area contributed by atoms with Crippen LogP contribution in [0.4, 0.5) is 4.39 Å². The molecule has 0 saturated carbocycles. The van der Waals surface area contributed by atoms with Gasteiger partial charge >= 0.3 is 0 Å². The molecule has 2 aromatic rings. The van der Waals surface area contributed by atoms with Crippen molar-refractivity contribution < 1.29 is 9.50 Å². The van der Waals surface area contributed by atoms with Gasteiger partial charge in [-0.05, 0) is 19.9 Å². The number of H-pyrrole nitrogens is 1. The number of benzene rings is 1. The summed E-state index contributed by atoms with van der Waals surface area (Å²) in [6, 6.07) is 6.31. The zero-order valence-electron chi connectivity index (χ0n) is 11.0. The molecular weight excluding hydrogens is 245 g/mol. The Morgan fingerprint density at radius 2 is 2.11 bits per heavy atom. The fourth-order valence-corrected chi connectivity index (χ4v) is 2.05. The van der Waals surface area contributed by atoms with Crippen LogP contribution in [0.15, 0.2) is 30.5 Å². The predicted octanol–water partition coefficient (Wildman–Crippen LogP) is 2.24. The van der Waals surface area contributed by atoms with E-state index in [0.29, 0.717) is 5.56 Å². The van der Waals surface area contributed by atoms with E-state index >= 15 is 0 Å². The number of aliphatic hydroxyl groups is 1. The number of rotatable bonds is 5. The normalized spacial score (nSPS) is 14.3.